The molecule has 6 nitrogen and oxygen atoms in total. The van der Waals surface area contributed by atoms with E-state index in [0.717, 1.165) is 59.4 Å². The topological polar surface area (TPSA) is 76.7 Å². The Labute approximate surface area is 212 Å². The monoisotopic (exact) mass is 484 g/mol. The van der Waals surface area contributed by atoms with Crippen LogP contribution in [0.15, 0.2) is 60.7 Å². The fourth-order valence-electron chi connectivity index (χ4n) is 5.37. The van der Waals surface area contributed by atoms with Crippen molar-refractivity contribution in [2.24, 2.45) is 0 Å². The van der Waals surface area contributed by atoms with Crippen LogP contribution in [0.2, 0.25) is 0 Å². The molecule has 1 heterocycles. The smallest absolute Gasteiger partial charge is 0.251 e. The predicted molar refractivity (Wildman–Crippen MR) is 141 cm³/mol. The number of nitrogens with one attached hydrogen (secondary N) is 2. The van der Waals surface area contributed by atoms with Gasteiger partial charge in [0.25, 0.3) is 5.91 Å². The highest BCUT2D eigenvalue weighted by molar-refractivity contribution is 6.02. The van der Waals surface area contributed by atoms with Crippen molar-refractivity contribution >= 4 is 17.5 Å². The molecule has 3 aromatic rings. The van der Waals surface area contributed by atoms with Gasteiger partial charge in [0.15, 0.2) is 11.5 Å². The number of hydrogen-bond donors (Lipinski definition) is 2. The molecule has 2 N–H and O–H groups in total. The van der Waals surface area contributed by atoms with Crippen LogP contribution in [0.3, 0.4) is 0 Å². The van der Waals surface area contributed by atoms with Gasteiger partial charge in [0.1, 0.15) is 0 Å². The van der Waals surface area contributed by atoms with Crippen molar-refractivity contribution in [1.29, 1.82) is 0 Å². The molecule has 3 aromatic carbocycles. The fraction of sp³-hybridized carbons (Fsp3) is 0.333. The first-order chi connectivity index (χ1) is 17.5. The number of benzene rings is 3. The minimum atomic E-state index is -0.527. The number of ether oxygens (including phenoxy) is 2. The van der Waals surface area contributed by atoms with Crippen molar-refractivity contribution in [1.82, 2.24) is 5.32 Å². The summed E-state index contributed by atoms with van der Waals surface area (Å²) in [7, 11) is 0. The van der Waals surface area contributed by atoms with Gasteiger partial charge in [0.2, 0.25) is 12.7 Å². The molecule has 1 aliphatic heterocycles. The molecule has 3 aliphatic rings. The van der Waals surface area contributed by atoms with E-state index in [2.05, 4.69) is 17.6 Å². The third-order valence-corrected chi connectivity index (χ3v) is 7.75. The third kappa shape index (κ3) is 4.21. The van der Waals surface area contributed by atoms with E-state index in [1.807, 2.05) is 60.7 Å². The van der Waals surface area contributed by atoms with E-state index in [1.54, 1.807) is 0 Å². The number of anilines is 1. The van der Waals surface area contributed by atoms with Crippen molar-refractivity contribution in [2.45, 2.75) is 56.9 Å². The van der Waals surface area contributed by atoms with Gasteiger partial charge in [-0.3, -0.25) is 9.59 Å². The van der Waals surface area contributed by atoms with Crippen LogP contribution in [0.1, 0.15) is 61.4 Å². The molecule has 0 bridgehead atoms. The molecule has 0 saturated heterocycles. The Kier molecular flexibility index (Phi) is 5.67. The molecule has 2 aliphatic carbocycles. The van der Waals surface area contributed by atoms with Gasteiger partial charge in [-0.15, -0.1) is 0 Å². The second-order valence-corrected chi connectivity index (χ2v) is 10.2. The average Bonchev–Trinajstić information content (AvgIpc) is 3.30. The van der Waals surface area contributed by atoms with Crippen LogP contribution in [0, 0.1) is 6.92 Å². The number of carbonyl (C=O) groups is 2. The SMILES string of the molecule is Cc1ccc(NC(=O)C2(c3ccc4c(c3)OCO4)CC2)cc1-c1ccc(C(=O)NC2CCCC2)cc1.[HH]. The van der Waals surface area contributed by atoms with E-state index >= 15 is 0 Å². The summed E-state index contributed by atoms with van der Waals surface area (Å²) in [5.41, 5.74) is 5.01. The lowest BCUT2D eigenvalue weighted by Crippen LogP contribution is -2.32. The Bertz CT molecular complexity index is 1330. The van der Waals surface area contributed by atoms with Gasteiger partial charge in [-0.05, 0) is 91.3 Å². The molecule has 0 atom stereocenters. The van der Waals surface area contributed by atoms with Gasteiger partial charge in [0.05, 0.1) is 5.41 Å². The molecular formula is C30H32N2O4. The van der Waals surface area contributed by atoms with Gasteiger partial charge in [-0.2, -0.15) is 0 Å². The lowest BCUT2D eigenvalue weighted by molar-refractivity contribution is -0.118. The summed E-state index contributed by atoms with van der Waals surface area (Å²) in [5.74, 6) is 1.41. The maximum absolute atomic E-state index is 13.4. The molecule has 0 unspecified atom stereocenters. The van der Waals surface area contributed by atoms with Gasteiger partial charge in [-0.25, -0.2) is 0 Å². The average molecular weight is 485 g/mol. The Hall–Kier alpha value is -3.80. The summed E-state index contributed by atoms with van der Waals surface area (Å²) in [4.78, 5) is 26.0. The quantitative estimate of drug-likeness (QED) is 0.451. The molecule has 6 heteroatoms. The van der Waals surface area contributed by atoms with E-state index in [-0.39, 0.29) is 20.0 Å². The number of rotatable bonds is 6. The zero-order valence-corrected chi connectivity index (χ0v) is 20.4. The van der Waals surface area contributed by atoms with Crippen molar-refractivity contribution < 1.29 is 20.5 Å². The van der Waals surface area contributed by atoms with Crippen LogP contribution in [0.5, 0.6) is 11.5 Å². The largest absolute Gasteiger partial charge is 0.454 e. The van der Waals surface area contributed by atoms with Crippen LogP contribution >= 0.6 is 0 Å². The fourth-order valence-corrected chi connectivity index (χ4v) is 5.37. The second kappa shape index (κ2) is 9.01. The minimum absolute atomic E-state index is 0. The summed E-state index contributed by atoms with van der Waals surface area (Å²) < 4.78 is 10.9. The molecule has 2 saturated carbocycles. The van der Waals surface area contributed by atoms with Crippen molar-refractivity contribution in [2.75, 3.05) is 12.1 Å². The number of amides is 2. The third-order valence-electron chi connectivity index (χ3n) is 7.75. The van der Waals surface area contributed by atoms with Gasteiger partial charge < -0.3 is 20.1 Å². The summed E-state index contributed by atoms with van der Waals surface area (Å²) in [5, 5.41) is 6.29. The normalized spacial score (nSPS) is 17.6. The number of hydrogen-bond acceptors (Lipinski definition) is 4. The molecular weight excluding hydrogens is 452 g/mol. The molecule has 36 heavy (non-hydrogen) atoms. The Morgan fingerprint density at radius 3 is 2.42 bits per heavy atom. The second-order valence-electron chi connectivity index (χ2n) is 10.2. The van der Waals surface area contributed by atoms with Crippen LogP contribution in [0.25, 0.3) is 11.1 Å². The van der Waals surface area contributed by atoms with Crippen LogP contribution in [-0.4, -0.2) is 24.6 Å². The lowest BCUT2D eigenvalue weighted by atomic mass is 9.94. The summed E-state index contributed by atoms with van der Waals surface area (Å²) >= 11 is 0. The maximum atomic E-state index is 13.4. The lowest BCUT2D eigenvalue weighted by Gasteiger charge is -2.17. The summed E-state index contributed by atoms with van der Waals surface area (Å²) in [6.07, 6.45) is 6.12. The van der Waals surface area contributed by atoms with Gasteiger partial charge in [0, 0.05) is 18.7 Å². The minimum Gasteiger partial charge on any atom is -0.454 e. The van der Waals surface area contributed by atoms with Crippen LogP contribution in [0.4, 0.5) is 5.69 Å². The molecule has 0 radical (unpaired) electrons. The molecule has 2 amide bonds. The molecule has 2 fully saturated rings. The van der Waals surface area contributed by atoms with E-state index in [0.29, 0.717) is 17.4 Å². The Morgan fingerprint density at radius 2 is 1.67 bits per heavy atom. The first-order valence-corrected chi connectivity index (χ1v) is 12.8. The van der Waals surface area contributed by atoms with Crippen LogP contribution < -0.4 is 20.1 Å². The highest BCUT2D eigenvalue weighted by atomic mass is 16.7. The van der Waals surface area contributed by atoms with E-state index in [1.165, 1.54) is 12.8 Å². The molecule has 0 spiro atoms. The van der Waals surface area contributed by atoms with E-state index < -0.39 is 5.41 Å². The first-order valence-electron chi connectivity index (χ1n) is 12.8. The number of carbonyl (C=O) groups excluding carboxylic acids is 2. The number of fused-ring (bicyclic) bond motifs is 1. The van der Waals surface area contributed by atoms with E-state index in [4.69, 9.17) is 9.47 Å². The summed E-state index contributed by atoms with van der Waals surface area (Å²) in [6.45, 7) is 2.27. The standard InChI is InChI=1S/C30H30N2O4.H2/c1-19-6-12-24(32-29(34)30(14-15-30)22-11-13-26-27(16-22)36-18-35-26)17-25(19)20-7-9-21(10-8-20)28(33)31-23-4-2-3-5-23;/h6-13,16-17,23H,2-5,14-15,18H2,1H3,(H,31,33)(H,32,34);1H. The highest BCUT2D eigenvalue weighted by Gasteiger charge is 2.51. The zero-order valence-electron chi connectivity index (χ0n) is 20.4. The zero-order chi connectivity index (χ0) is 24.7. The Balaban J connectivity index is 0.00000280. The van der Waals surface area contributed by atoms with Gasteiger partial charge >= 0.3 is 0 Å². The number of aryl methyl sites for hydroxylation is 1. The predicted octanol–water partition coefficient (Wildman–Crippen LogP) is 5.98. The van der Waals surface area contributed by atoms with Crippen molar-refractivity contribution in [3.63, 3.8) is 0 Å². The molecule has 6 rings (SSSR count). The van der Waals surface area contributed by atoms with Gasteiger partial charge in [-0.1, -0.05) is 37.1 Å². The highest BCUT2D eigenvalue weighted by Crippen LogP contribution is 2.51. The van der Waals surface area contributed by atoms with E-state index in [9.17, 15) is 9.59 Å². The van der Waals surface area contributed by atoms with Crippen molar-refractivity contribution in [3.8, 4) is 22.6 Å². The summed E-state index contributed by atoms with van der Waals surface area (Å²) in [6, 6.07) is 19.8. The molecule has 186 valence electrons. The Morgan fingerprint density at radius 1 is 0.917 bits per heavy atom. The molecule has 0 aromatic heterocycles. The van der Waals surface area contributed by atoms with Crippen molar-refractivity contribution in [3.05, 3.63) is 77.4 Å². The van der Waals surface area contributed by atoms with Crippen LogP contribution in [-0.2, 0) is 10.2 Å². The first kappa shape index (κ1) is 22.7. The maximum Gasteiger partial charge on any atom is 0.251 e.